The summed E-state index contributed by atoms with van der Waals surface area (Å²) < 4.78 is 2.16. The Morgan fingerprint density at radius 3 is 2.91 bits per heavy atom. The van der Waals surface area contributed by atoms with Gasteiger partial charge >= 0.3 is 0 Å². The predicted molar refractivity (Wildman–Crippen MR) is 90.9 cm³/mol. The van der Waals surface area contributed by atoms with Crippen molar-refractivity contribution in [2.45, 2.75) is 43.8 Å². The van der Waals surface area contributed by atoms with Gasteiger partial charge in [-0.25, -0.2) is 0 Å². The van der Waals surface area contributed by atoms with Gasteiger partial charge < -0.3 is 9.47 Å². The Labute approximate surface area is 140 Å². The molecule has 2 aromatic rings. The van der Waals surface area contributed by atoms with Crippen LogP contribution in [0.4, 0.5) is 5.69 Å². The molecular formula is C17H20N4OS. The van der Waals surface area contributed by atoms with Gasteiger partial charge in [0.05, 0.1) is 5.75 Å². The van der Waals surface area contributed by atoms with Crippen molar-refractivity contribution in [3.05, 3.63) is 35.7 Å². The maximum absolute atomic E-state index is 12.6. The van der Waals surface area contributed by atoms with Crippen LogP contribution >= 0.6 is 11.8 Å². The summed E-state index contributed by atoms with van der Waals surface area (Å²) >= 11 is 1.51. The van der Waals surface area contributed by atoms with Gasteiger partial charge in [0, 0.05) is 24.7 Å². The fraction of sp³-hybridized carbons (Fsp3) is 0.471. The number of carbonyl (C=O) groups excluding carboxylic acids is 1. The molecule has 23 heavy (non-hydrogen) atoms. The second-order valence-corrected chi connectivity index (χ2v) is 7.01. The van der Waals surface area contributed by atoms with Crippen molar-refractivity contribution in [3.8, 4) is 0 Å². The van der Waals surface area contributed by atoms with E-state index < -0.39 is 0 Å². The fourth-order valence-corrected chi connectivity index (χ4v) is 4.03. The Bertz CT molecular complexity index is 738. The molecule has 1 aliphatic heterocycles. The van der Waals surface area contributed by atoms with Crippen LogP contribution in [0.3, 0.4) is 0 Å². The molecule has 1 aromatic heterocycles. The molecule has 0 bridgehead atoms. The first kappa shape index (κ1) is 14.8. The van der Waals surface area contributed by atoms with Crippen molar-refractivity contribution in [2.24, 2.45) is 0 Å². The number of hydrogen-bond acceptors (Lipinski definition) is 4. The van der Waals surface area contributed by atoms with Gasteiger partial charge in [-0.3, -0.25) is 4.79 Å². The molecule has 120 valence electrons. The first-order valence-electron chi connectivity index (χ1n) is 8.22. The van der Waals surface area contributed by atoms with Crippen LogP contribution < -0.4 is 4.90 Å². The SMILES string of the molecule is CCn1c(SCC(=O)N2CCc3ccccc32)nnc1C1CC1. The highest BCUT2D eigenvalue weighted by molar-refractivity contribution is 7.99. The highest BCUT2D eigenvalue weighted by atomic mass is 32.2. The van der Waals surface area contributed by atoms with E-state index in [-0.39, 0.29) is 5.91 Å². The number of nitrogens with zero attached hydrogens (tertiary/aromatic N) is 4. The Morgan fingerprint density at radius 2 is 2.13 bits per heavy atom. The van der Waals surface area contributed by atoms with E-state index in [1.165, 1.54) is 30.2 Å². The molecule has 0 spiro atoms. The molecule has 1 fully saturated rings. The number of carbonyl (C=O) groups is 1. The van der Waals surface area contributed by atoms with Crippen molar-refractivity contribution in [1.29, 1.82) is 0 Å². The van der Waals surface area contributed by atoms with Crippen LogP contribution in [0, 0.1) is 0 Å². The average molecular weight is 328 g/mol. The van der Waals surface area contributed by atoms with Crippen molar-refractivity contribution in [1.82, 2.24) is 14.8 Å². The van der Waals surface area contributed by atoms with E-state index in [4.69, 9.17) is 0 Å². The molecule has 1 aliphatic carbocycles. The zero-order valence-electron chi connectivity index (χ0n) is 13.2. The summed E-state index contributed by atoms with van der Waals surface area (Å²) in [6.45, 7) is 3.76. The molecule has 0 N–H and O–H groups in total. The highest BCUT2D eigenvalue weighted by Crippen LogP contribution is 2.40. The van der Waals surface area contributed by atoms with E-state index >= 15 is 0 Å². The number of para-hydroxylation sites is 1. The molecular weight excluding hydrogens is 308 g/mol. The Kier molecular flexibility index (Phi) is 3.85. The molecule has 6 heteroatoms. The van der Waals surface area contributed by atoms with E-state index in [0.717, 1.165) is 36.2 Å². The van der Waals surface area contributed by atoms with Crippen LogP contribution in [-0.4, -0.2) is 33.0 Å². The maximum Gasteiger partial charge on any atom is 0.237 e. The third-order valence-corrected chi connectivity index (χ3v) is 5.47. The molecule has 0 saturated heterocycles. The number of aromatic nitrogens is 3. The van der Waals surface area contributed by atoms with Crippen molar-refractivity contribution >= 4 is 23.4 Å². The lowest BCUT2D eigenvalue weighted by molar-refractivity contribution is -0.116. The van der Waals surface area contributed by atoms with Crippen LogP contribution in [0.5, 0.6) is 0 Å². The zero-order chi connectivity index (χ0) is 15.8. The summed E-state index contributed by atoms with van der Waals surface area (Å²) in [6.07, 6.45) is 3.38. The molecule has 0 unspecified atom stereocenters. The Hall–Kier alpha value is -1.82. The molecule has 4 rings (SSSR count). The van der Waals surface area contributed by atoms with Gasteiger partial charge in [-0.05, 0) is 37.8 Å². The van der Waals surface area contributed by atoms with Gasteiger partial charge in [-0.2, -0.15) is 0 Å². The third-order valence-electron chi connectivity index (χ3n) is 4.52. The molecule has 1 amide bonds. The number of rotatable bonds is 5. The standard InChI is InChI=1S/C17H20N4OS/c1-2-20-16(13-7-8-13)18-19-17(20)23-11-15(22)21-10-9-12-5-3-4-6-14(12)21/h3-6,13H,2,7-11H2,1H3. The molecule has 1 aromatic carbocycles. The number of benzene rings is 1. The van der Waals surface area contributed by atoms with Gasteiger partial charge in [0.15, 0.2) is 5.16 Å². The molecule has 2 heterocycles. The lowest BCUT2D eigenvalue weighted by atomic mass is 10.2. The largest absolute Gasteiger partial charge is 0.311 e. The number of fused-ring (bicyclic) bond motifs is 1. The maximum atomic E-state index is 12.6. The van der Waals surface area contributed by atoms with Crippen molar-refractivity contribution in [3.63, 3.8) is 0 Å². The average Bonchev–Trinajstić information content (AvgIpc) is 3.20. The molecule has 1 saturated carbocycles. The van der Waals surface area contributed by atoms with E-state index in [2.05, 4.69) is 27.8 Å². The van der Waals surface area contributed by atoms with Gasteiger partial charge in [0.25, 0.3) is 0 Å². The summed E-state index contributed by atoms with van der Waals surface area (Å²) in [7, 11) is 0. The normalized spacial score (nSPS) is 16.7. The fourth-order valence-electron chi connectivity index (χ4n) is 3.15. The Morgan fingerprint density at radius 1 is 1.30 bits per heavy atom. The second kappa shape index (κ2) is 6.00. The summed E-state index contributed by atoms with van der Waals surface area (Å²) in [5, 5.41) is 9.49. The second-order valence-electron chi connectivity index (χ2n) is 6.07. The number of hydrogen-bond donors (Lipinski definition) is 0. The van der Waals surface area contributed by atoms with Crippen molar-refractivity contribution in [2.75, 3.05) is 17.2 Å². The lowest BCUT2D eigenvalue weighted by Crippen LogP contribution is -2.30. The summed E-state index contributed by atoms with van der Waals surface area (Å²) in [5.74, 6) is 2.24. The van der Waals surface area contributed by atoms with Crippen LogP contribution in [-0.2, 0) is 17.8 Å². The minimum atomic E-state index is 0.151. The van der Waals surface area contributed by atoms with Gasteiger partial charge in [0.1, 0.15) is 5.82 Å². The summed E-state index contributed by atoms with van der Waals surface area (Å²) in [5.41, 5.74) is 2.33. The van der Waals surface area contributed by atoms with E-state index in [0.29, 0.717) is 11.7 Å². The smallest absolute Gasteiger partial charge is 0.237 e. The van der Waals surface area contributed by atoms with Crippen molar-refractivity contribution < 1.29 is 4.79 Å². The number of anilines is 1. The van der Waals surface area contributed by atoms with E-state index in [1.54, 1.807) is 0 Å². The molecule has 0 atom stereocenters. The predicted octanol–water partition coefficient (Wildman–Crippen LogP) is 2.86. The van der Waals surface area contributed by atoms with Crippen LogP contribution in [0.25, 0.3) is 0 Å². The molecule has 5 nitrogen and oxygen atoms in total. The minimum absolute atomic E-state index is 0.151. The quantitative estimate of drug-likeness (QED) is 0.792. The zero-order valence-corrected chi connectivity index (χ0v) is 14.1. The van der Waals surface area contributed by atoms with E-state index in [1.807, 2.05) is 23.1 Å². The summed E-state index contributed by atoms with van der Waals surface area (Å²) in [6, 6.07) is 8.16. The lowest BCUT2D eigenvalue weighted by Gasteiger charge is -2.17. The number of thioether (sulfide) groups is 1. The first-order valence-corrected chi connectivity index (χ1v) is 9.20. The van der Waals surface area contributed by atoms with Gasteiger partial charge in [-0.1, -0.05) is 30.0 Å². The molecule has 0 radical (unpaired) electrons. The molecule has 2 aliphatic rings. The highest BCUT2D eigenvalue weighted by Gasteiger charge is 2.30. The van der Waals surface area contributed by atoms with Crippen LogP contribution in [0.1, 0.15) is 37.1 Å². The van der Waals surface area contributed by atoms with Gasteiger partial charge in [0.2, 0.25) is 5.91 Å². The van der Waals surface area contributed by atoms with Crippen LogP contribution in [0.2, 0.25) is 0 Å². The monoisotopic (exact) mass is 328 g/mol. The van der Waals surface area contributed by atoms with Gasteiger partial charge in [-0.15, -0.1) is 10.2 Å². The number of amides is 1. The summed E-state index contributed by atoms with van der Waals surface area (Å²) in [4.78, 5) is 14.5. The topological polar surface area (TPSA) is 51.0 Å². The minimum Gasteiger partial charge on any atom is -0.311 e. The van der Waals surface area contributed by atoms with E-state index in [9.17, 15) is 4.79 Å². The third kappa shape index (κ3) is 2.76. The Balaban J connectivity index is 1.44. The first-order chi connectivity index (χ1) is 11.3. The van der Waals surface area contributed by atoms with Crippen LogP contribution in [0.15, 0.2) is 29.4 Å².